The van der Waals surface area contributed by atoms with Crippen LogP contribution >= 0.6 is 0 Å². The van der Waals surface area contributed by atoms with Crippen LogP contribution in [0.15, 0.2) is 42.6 Å². The number of fused-ring (bicyclic) bond motifs is 2. The number of rotatable bonds is 7. The van der Waals surface area contributed by atoms with Gasteiger partial charge in [-0.2, -0.15) is 0 Å². The summed E-state index contributed by atoms with van der Waals surface area (Å²) in [6.45, 7) is 13.6. The third-order valence-electron chi connectivity index (χ3n) is 11.7. The number of hydrogen-bond acceptors (Lipinski definition) is 12. The van der Waals surface area contributed by atoms with E-state index in [1.165, 1.54) is 6.92 Å². The van der Waals surface area contributed by atoms with Gasteiger partial charge < -0.3 is 39.0 Å². The van der Waals surface area contributed by atoms with Crippen molar-refractivity contribution in [2.24, 2.45) is 23.7 Å². The number of benzene rings is 1. The molecular weight excluding hydrogens is 694 g/mol. The molecule has 5 rings (SSSR count). The number of nitrogens with one attached hydrogen (secondary N) is 1. The number of ether oxygens (including phenoxy) is 5. The lowest BCUT2D eigenvalue weighted by molar-refractivity contribution is -0.296. The first kappa shape index (κ1) is 41.4. The molecule has 13 atom stereocenters. The van der Waals surface area contributed by atoms with Crippen molar-refractivity contribution in [3.05, 3.63) is 48.2 Å². The number of aromatic nitrogens is 1. The summed E-state index contributed by atoms with van der Waals surface area (Å²) in [5.74, 6) is -5.15. The van der Waals surface area contributed by atoms with Crippen molar-refractivity contribution in [3.63, 3.8) is 0 Å². The molecule has 0 saturated carbocycles. The fourth-order valence-electron chi connectivity index (χ4n) is 8.34. The Morgan fingerprint density at radius 3 is 2.43 bits per heavy atom. The van der Waals surface area contributed by atoms with Gasteiger partial charge in [-0.3, -0.25) is 19.4 Å². The molecule has 0 radical (unpaired) electrons. The van der Waals surface area contributed by atoms with Gasteiger partial charge in [-0.25, -0.2) is 4.79 Å². The summed E-state index contributed by atoms with van der Waals surface area (Å²) in [4.78, 5) is 61.4. The van der Waals surface area contributed by atoms with Gasteiger partial charge in [-0.1, -0.05) is 51.1 Å². The Morgan fingerprint density at radius 2 is 1.72 bits per heavy atom. The van der Waals surface area contributed by atoms with E-state index >= 15 is 0 Å². The summed E-state index contributed by atoms with van der Waals surface area (Å²) < 4.78 is 31.1. The number of aliphatic hydroxyl groups is 1. The van der Waals surface area contributed by atoms with Gasteiger partial charge >= 0.3 is 12.1 Å². The standard InChI is InChI=1S/C41H57N3O10/c1-22-20-40(7,50-17-13-14-28-19-29-15-11-12-16-30(29)42-21-28)36(53-38-34(47)31(44(9)10)18-23(2)51-38)25(4)33(46)26(5)37(48)52-27(6)41(8)35(24(3)32(22)45)43-39(49)54-41/h11-16,19,21-27,31,34-36,38,47H,17-18,20H2,1-10H3,(H,43,49)/b14-13-/t22-,23-,24-,25+,26-,27+,31+,34-,35-,36-,38+,40+,41-/m1/s1. The van der Waals surface area contributed by atoms with E-state index in [9.17, 15) is 24.3 Å². The molecule has 2 N–H and O–H groups in total. The number of ketones is 2. The summed E-state index contributed by atoms with van der Waals surface area (Å²) in [7, 11) is 3.74. The van der Waals surface area contributed by atoms with Crippen molar-refractivity contribution >= 4 is 40.6 Å². The van der Waals surface area contributed by atoms with Crippen LogP contribution in [0.25, 0.3) is 17.0 Å². The fourth-order valence-corrected chi connectivity index (χ4v) is 8.34. The van der Waals surface area contributed by atoms with Gasteiger partial charge in [0.2, 0.25) is 0 Å². The zero-order chi connectivity index (χ0) is 39.7. The summed E-state index contributed by atoms with van der Waals surface area (Å²) in [6.07, 6.45) is 0.782. The van der Waals surface area contributed by atoms with Gasteiger partial charge in [0.1, 0.15) is 23.9 Å². The highest BCUT2D eigenvalue weighted by molar-refractivity contribution is 6.00. The first-order chi connectivity index (χ1) is 25.4. The third-order valence-corrected chi connectivity index (χ3v) is 11.7. The Kier molecular flexibility index (Phi) is 12.7. The van der Waals surface area contributed by atoms with Crippen molar-refractivity contribution in [1.29, 1.82) is 0 Å². The van der Waals surface area contributed by atoms with Crippen LogP contribution < -0.4 is 5.32 Å². The molecule has 54 heavy (non-hydrogen) atoms. The second kappa shape index (κ2) is 16.5. The number of hydrogen-bond donors (Lipinski definition) is 2. The van der Waals surface area contributed by atoms with E-state index in [0.29, 0.717) is 6.42 Å². The van der Waals surface area contributed by atoms with Crippen LogP contribution in [0.4, 0.5) is 4.79 Å². The number of aliphatic hydroxyl groups excluding tert-OH is 1. The Morgan fingerprint density at radius 1 is 1.02 bits per heavy atom. The molecular formula is C41H57N3O10. The second-order valence-electron chi connectivity index (χ2n) is 16.1. The molecule has 296 valence electrons. The van der Waals surface area contributed by atoms with E-state index in [1.54, 1.807) is 47.7 Å². The Labute approximate surface area is 318 Å². The van der Waals surface area contributed by atoms with Crippen LogP contribution in [0.1, 0.15) is 73.8 Å². The molecule has 0 spiro atoms. The van der Waals surface area contributed by atoms with E-state index in [1.807, 2.05) is 68.4 Å². The first-order valence-corrected chi connectivity index (χ1v) is 18.9. The SMILES string of the molecule is C[C@H]1C(=O)O[C@@H](C)[C@@]2(C)OC(=O)N[C@@H]2[C@H](C)C(=O)[C@H](C)C[C@](C)(OC/C=C\c2cnc3ccccc3c2)[C@H](O[C@@H]2O[C@H](C)C[C@H](N(C)C)[C@H]2O)[C@@H](C)C1=O. The molecule has 3 aliphatic rings. The molecule has 3 aliphatic heterocycles. The van der Waals surface area contributed by atoms with Crippen molar-refractivity contribution in [1.82, 2.24) is 15.2 Å². The minimum Gasteiger partial charge on any atom is -0.458 e. The molecule has 0 unspecified atom stereocenters. The maximum absolute atomic E-state index is 14.3. The lowest BCUT2D eigenvalue weighted by Gasteiger charge is -2.47. The average molecular weight is 752 g/mol. The van der Waals surface area contributed by atoms with Gasteiger partial charge in [-0.05, 0) is 79.3 Å². The third kappa shape index (κ3) is 8.55. The zero-order valence-electron chi connectivity index (χ0n) is 33.1. The number of esters is 1. The highest BCUT2D eigenvalue weighted by Crippen LogP contribution is 2.40. The number of cyclic esters (lactones) is 1. The Balaban J connectivity index is 1.55. The van der Waals surface area contributed by atoms with E-state index in [2.05, 4.69) is 10.3 Å². The fraction of sp³-hybridized carbons (Fsp3) is 0.634. The molecule has 13 nitrogen and oxygen atoms in total. The monoisotopic (exact) mass is 751 g/mol. The van der Waals surface area contributed by atoms with Crippen molar-refractivity contribution < 1.29 is 48.0 Å². The Bertz CT molecular complexity index is 1730. The van der Waals surface area contributed by atoms with Crippen LogP contribution in [0.3, 0.4) is 0 Å². The minimum absolute atomic E-state index is 0.0606. The predicted molar refractivity (Wildman–Crippen MR) is 201 cm³/mol. The molecule has 0 aliphatic carbocycles. The van der Waals surface area contributed by atoms with E-state index in [-0.39, 0.29) is 31.0 Å². The van der Waals surface area contributed by atoms with Crippen molar-refractivity contribution in [2.75, 3.05) is 20.7 Å². The molecule has 4 heterocycles. The van der Waals surface area contributed by atoms with Crippen molar-refractivity contribution in [2.45, 2.75) is 122 Å². The number of nitrogens with zero attached hydrogens (tertiary/aromatic N) is 2. The Hall–Kier alpha value is -3.75. The lowest BCUT2D eigenvalue weighted by Crippen LogP contribution is -2.60. The number of carbonyl (C=O) groups is 4. The predicted octanol–water partition coefficient (Wildman–Crippen LogP) is 4.72. The number of carbonyl (C=O) groups excluding carboxylic acids is 4. The quantitative estimate of drug-likeness (QED) is 0.296. The minimum atomic E-state index is -1.39. The largest absolute Gasteiger partial charge is 0.458 e. The topological polar surface area (TPSA) is 163 Å². The molecule has 2 aromatic rings. The number of Topliss-reactive ketones (excluding diaryl/α,β-unsaturated/α-hetero) is 2. The van der Waals surface area contributed by atoms with Crippen LogP contribution in [-0.2, 0) is 38.1 Å². The van der Waals surface area contributed by atoms with Gasteiger partial charge in [0.05, 0.1) is 36.0 Å². The molecule has 1 amide bonds. The van der Waals surface area contributed by atoms with Gasteiger partial charge in [-0.15, -0.1) is 0 Å². The molecule has 3 saturated heterocycles. The van der Waals surface area contributed by atoms with Gasteiger partial charge in [0.25, 0.3) is 0 Å². The van der Waals surface area contributed by atoms with Gasteiger partial charge in [0, 0.05) is 35.4 Å². The highest BCUT2D eigenvalue weighted by Gasteiger charge is 2.56. The van der Waals surface area contributed by atoms with Crippen molar-refractivity contribution in [3.8, 4) is 0 Å². The van der Waals surface area contributed by atoms with E-state index < -0.39 is 83.4 Å². The second-order valence-corrected chi connectivity index (χ2v) is 16.1. The number of amides is 1. The van der Waals surface area contributed by atoms with Crippen LogP contribution in [-0.4, -0.2) is 113 Å². The maximum Gasteiger partial charge on any atom is 0.408 e. The summed E-state index contributed by atoms with van der Waals surface area (Å²) in [6, 6.07) is 8.69. The summed E-state index contributed by atoms with van der Waals surface area (Å²) >= 11 is 0. The highest BCUT2D eigenvalue weighted by atomic mass is 16.7. The molecule has 1 aromatic heterocycles. The number of pyridine rings is 1. The number of alkyl carbamates (subject to hydrolysis) is 1. The van der Waals surface area contributed by atoms with Crippen LogP contribution in [0.5, 0.6) is 0 Å². The molecule has 0 bridgehead atoms. The van der Waals surface area contributed by atoms with Crippen LogP contribution in [0, 0.1) is 23.7 Å². The maximum atomic E-state index is 14.3. The zero-order valence-corrected chi connectivity index (χ0v) is 33.1. The van der Waals surface area contributed by atoms with Crippen LogP contribution in [0.2, 0.25) is 0 Å². The normalized spacial score (nSPS) is 38.6. The number of likely N-dealkylation sites (N-methyl/N-ethyl adjacent to an activating group) is 1. The number of para-hydroxylation sites is 1. The lowest BCUT2D eigenvalue weighted by atomic mass is 9.74. The summed E-state index contributed by atoms with van der Waals surface area (Å²) in [5, 5.41) is 15.3. The van der Waals surface area contributed by atoms with E-state index in [4.69, 9.17) is 23.7 Å². The smallest absolute Gasteiger partial charge is 0.408 e. The average Bonchev–Trinajstić information content (AvgIpc) is 3.45. The molecule has 3 fully saturated rings. The van der Waals surface area contributed by atoms with E-state index in [0.717, 1.165) is 16.5 Å². The molecule has 1 aromatic carbocycles. The summed E-state index contributed by atoms with van der Waals surface area (Å²) in [5.41, 5.74) is -1.01. The molecule has 13 heteroatoms. The van der Waals surface area contributed by atoms with Gasteiger partial charge in [0.15, 0.2) is 17.7 Å². The first-order valence-electron chi connectivity index (χ1n) is 18.9.